The van der Waals surface area contributed by atoms with Gasteiger partial charge in [-0.1, -0.05) is 28.9 Å². The maximum atomic E-state index is 12.5. The Morgan fingerprint density at radius 1 is 1.21 bits per heavy atom. The van der Waals surface area contributed by atoms with Gasteiger partial charge in [-0.15, -0.1) is 5.48 Å². The first kappa shape index (κ1) is 18.3. The number of aromatic amines is 1. The number of aromatic hydroxyl groups is 1. The highest BCUT2D eigenvalue weighted by molar-refractivity contribution is 6.34. The van der Waals surface area contributed by atoms with Gasteiger partial charge in [0, 0.05) is 30.7 Å². The first-order valence-corrected chi connectivity index (χ1v) is 9.07. The first-order valence-electron chi connectivity index (χ1n) is 8.69. The molecule has 2 heterocycles. The minimum Gasteiger partial charge on any atom is -0.507 e. The Hall–Kier alpha value is -3.03. The van der Waals surface area contributed by atoms with Crippen LogP contribution in [0.15, 0.2) is 46.3 Å². The van der Waals surface area contributed by atoms with Crippen LogP contribution in [0.1, 0.15) is 18.5 Å². The van der Waals surface area contributed by atoms with Crippen molar-refractivity contribution >= 4 is 33.9 Å². The van der Waals surface area contributed by atoms with E-state index in [4.69, 9.17) is 16.5 Å². The third-order valence-corrected chi connectivity index (χ3v) is 5.18. The van der Waals surface area contributed by atoms with Gasteiger partial charge in [0.2, 0.25) is 0 Å². The van der Waals surface area contributed by atoms with Crippen LogP contribution in [0, 0.1) is 0 Å². The minimum atomic E-state index is -0.619. The minimum absolute atomic E-state index is 0.126. The van der Waals surface area contributed by atoms with E-state index in [0.717, 1.165) is 16.8 Å². The molecule has 1 aliphatic heterocycles. The van der Waals surface area contributed by atoms with Crippen LogP contribution in [0.25, 0.3) is 22.0 Å². The number of nitrogens with zero attached hydrogens (tertiary/aromatic N) is 2. The number of hydrogen-bond acceptors (Lipinski definition) is 6. The molecule has 0 saturated carbocycles. The Balaban J connectivity index is 1.89. The fraction of sp³-hybridized carbons (Fsp3) is 0.200. The van der Waals surface area contributed by atoms with E-state index in [9.17, 15) is 9.90 Å². The summed E-state index contributed by atoms with van der Waals surface area (Å²) in [6.45, 7) is 1.72. The number of hydroxylamine groups is 1. The number of fused-ring (bicyclic) bond motifs is 1. The molecule has 1 atom stereocenters. The fourth-order valence-corrected chi connectivity index (χ4v) is 3.57. The van der Waals surface area contributed by atoms with Crippen LogP contribution < -0.4 is 15.9 Å². The van der Waals surface area contributed by atoms with Crippen molar-refractivity contribution in [1.29, 1.82) is 0 Å². The highest BCUT2D eigenvalue weighted by Gasteiger charge is 2.28. The highest BCUT2D eigenvalue weighted by atomic mass is 35.5. The topological polar surface area (TPSA) is 89.9 Å². The standard InChI is InChI=1S/C20H19ClN4O3/c1-10-18(24-28-23-10)17-19(26)14-8-13(15(21)9-16(14)22-20(17)27)11-4-6-12(7-5-11)25(2)3/h4-9,18,24H,1-3H3,(H2,22,26,27). The van der Waals surface area contributed by atoms with Crippen molar-refractivity contribution in [2.24, 2.45) is 5.16 Å². The van der Waals surface area contributed by atoms with Gasteiger partial charge in [-0.25, -0.2) is 0 Å². The molecule has 28 heavy (non-hydrogen) atoms. The second-order valence-corrected chi connectivity index (χ2v) is 7.32. The molecule has 0 aliphatic carbocycles. The van der Waals surface area contributed by atoms with E-state index in [0.29, 0.717) is 21.6 Å². The number of oxime groups is 1. The number of benzene rings is 2. The van der Waals surface area contributed by atoms with Crippen LogP contribution in [0.3, 0.4) is 0 Å². The largest absolute Gasteiger partial charge is 0.507 e. The summed E-state index contributed by atoms with van der Waals surface area (Å²) in [7, 11) is 3.94. The van der Waals surface area contributed by atoms with Crippen LogP contribution in [-0.2, 0) is 4.94 Å². The molecule has 3 N–H and O–H groups in total. The number of hydrogen-bond donors (Lipinski definition) is 3. The molecule has 3 aromatic rings. The maximum absolute atomic E-state index is 12.5. The van der Waals surface area contributed by atoms with Gasteiger partial charge in [-0.3, -0.25) is 9.73 Å². The summed E-state index contributed by atoms with van der Waals surface area (Å²) in [5.41, 5.74) is 6.09. The summed E-state index contributed by atoms with van der Waals surface area (Å²) in [4.78, 5) is 22.2. The number of halogens is 1. The number of pyridine rings is 1. The molecule has 8 heteroatoms. The lowest BCUT2D eigenvalue weighted by Gasteiger charge is -2.15. The average molecular weight is 399 g/mol. The second kappa shape index (κ2) is 6.85. The summed E-state index contributed by atoms with van der Waals surface area (Å²) in [5.74, 6) is -0.126. The average Bonchev–Trinajstić information content (AvgIpc) is 3.07. The van der Waals surface area contributed by atoms with E-state index in [1.807, 2.05) is 43.3 Å². The Morgan fingerprint density at radius 3 is 2.54 bits per heavy atom. The predicted octanol–water partition coefficient (Wildman–Crippen LogP) is 3.57. The van der Waals surface area contributed by atoms with Crippen LogP contribution in [0.4, 0.5) is 5.69 Å². The number of anilines is 1. The van der Waals surface area contributed by atoms with Gasteiger partial charge in [-0.2, -0.15) is 0 Å². The van der Waals surface area contributed by atoms with E-state index in [1.165, 1.54) is 0 Å². The molecule has 0 amide bonds. The molecule has 144 valence electrons. The van der Waals surface area contributed by atoms with Crippen molar-refractivity contribution < 1.29 is 10.0 Å². The molecule has 0 saturated heterocycles. The molecular formula is C20H19ClN4O3. The molecule has 7 nitrogen and oxygen atoms in total. The molecule has 1 aliphatic rings. The molecule has 0 bridgehead atoms. The number of rotatable bonds is 3. The van der Waals surface area contributed by atoms with Crippen molar-refractivity contribution in [3.8, 4) is 16.9 Å². The predicted molar refractivity (Wildman–Crippen MR) is 111 cm³/mol. The Kier molecular flexibility index (Phi) is 4.49. The molecule has 0 spiro atoms. The van der Waals surface area contributed by atoms with Crippen molar-refractivity contribution in [1.82, 2.24) is 10.5 Å². The van der Waals surface area contributed by atoms with Crippen molar-refractivity contribution in [2.75, 3.05) is 19.0 Å². The van der Waals surface area contributed by atoms with Gasteiger partial charge < -0.3 is 15.0 Å². The summed E-state index contributed by atoms with van der Waals surface area (Å²) in [5, 5.41) is 15.6. The Labute approximate surface area is 166 Å². The second-order valence-electron chi connectivity index (χ2n) is 6.91. The molecule has 0 radical (unpaired) electrons. The zero-order valence-corrected chi connectivity index (χ0v) is 16.3. The quantitative estimate of drug-likeness (QED) is 0.627. The van der Waals surface area contributed by atoms with Crippen molar-refractivity contribution in [3.05, 3.63) is 57.3 Å². The fourth-order valence-electron chi connectivity index (χ4n) is 3.30. The van der Waals surface area contributed by atoms with Gasteiger partial charge in [0.25, 0.3) is 5.56 Å². The lowest BCUT2D eigenvalue weighted by Crippen LogP contribution is -2.26. The summed E-state index contributed by atoms with van der Waals surface area (Å²) in [6, 6.07) is 10.7. The van der Waals surface area contributed by atoms with Crippen LogP contribution >= 0.6 is 11.6 Å². The Bertz CT molecular complexity index is 1150. The van der Waals surface area contributed by atoms with Crippen LogP contribution in [-0.4, -0.2) is 29.9 Å². The van der Waals surface area contributed by atoms with Crippen molar-refractivity contribution in [3.63, 3.8) is 0 Å². The van der Waals surface area contributed by atoms with E-state index >= 15 is 0 Å². The van der Waals surface area contributed by atoms with E-state index in [-0.39, 0.29) is 11.3 Å². The summed E-state index contributed by atoms with van der Waals surface area (Å²) < 4.78 is 0. The van der Waals surface area contributed by atoms with Gasteiger partial charge in [0.15, 0.2) is 0 Å². The van der Waals surface area contributed by atoms with Gasteiger partial charge in [-0.05, 0) is 36.8 Å². The van der Waals surface area contributed by atoms with E-state index in [2.05, 4.69) is 15.6 Å². The Morgan fingerprint density at radius 2 is 1.93 bits per heavy atom. The third-order valence-electron chi connectivity index (χ3n) is 4.87. The van der Waals surface area contributed by atoms with Gasteiger partial charge in [0.05, 0.1) is 21.8 Å². The van der Waals surface area contributed by atoms with Gasteiger partial charge >= 0.3 is 0 Å². The monoisotopic (exact) mass is 398 g/mol. The molecule has 4 rings (SSSR count). The molecule has 1 aromatic heterocycles. The highest BCUT2D eigenvalue weighted by Crippen LogP contribution is 2.37. The van der Waals surface area contributed by atoms with Crippen LogP contribution in [0.5, 0.6) is 5.75 Å². The van der Waals surface area contributed by atoms with Gasteiger partial charge in [0.1, 0.15) is 11.8 Å². The number of H-pyrrole nitrogens is 1. The molecule has 1 unspecified atom stereocenters. The lowest BCUT2D eigenvalue weighted by molar-refractivity contribution is 0.0592. The first-order chi connectivity index (χ1) is 13.4. The third kappa shape index (κ3) is 2.98. The smallest absolute Gasteiger partial charge is 0.257 e. The maximum Gasteiger partial charge on any atom is 0.257 e. The molecule has 2 aromatic carbocycles. The SMILES string of the molecule is CC1=NONC1c1c(O)c2cc(-c3ccc(N(C)C)cc3)c(Cl)cc2[nH]c1=O. The zero-order chi connectivity index (χ0) is 20.0. The number of nitrogens with one attached hydrogen (secondary N) is 2. The normalized spacial score (nSPS) is 16.1. The van der Waals surface area contributed by atoms with Crippen LogP contribution in [0.2, 0.25) is 5.02 Å². The zero-order valence-electron chi connectivity index (χ0n) is 15.6. The summed E-state index contributed by atoms with van der Waals surface area (Å²) >= 11 is 6.47. The summed E-state index contributed by atoms with van der Waals surface area (Å²) in [6.07, 6.45) is 0. The van der Waals surface area contributed by atoms with E-state index in [1.54, 1.807) is 19.1 Å². The number of aromatic nitrogens is 1. The molecule has 0 fully saturated rings. The lowest BCUT2D eigenvalue weighted by atomic mass is 9.98. The molecular weight excluding hydrogens is 380 g/mol. The van der Waals surface area contributed by atoms with Crippen molar-refractivity contribution in [2.45, 2.75) is 13.0 Å². The van der Waals surface area contributed by atoms with E-state index < -0.39 is 11.6 Å².